The highest BCUT2D eigenvalue weighted by Crippen LogP contribution is 2.38. The normalized spacial score (nSPS) is 34.9. The molecule has 2 aliphatic heterocycles. The molecule has 23 heavy (non-hydrogen) atoms. The first-order chi connectivity index (χ1) is 10.9. The van der Waals surface area contributed by atoms with Crippen LogP contribution in [0.4, 0.5) is 4.79 Å². The summed E-state index contributed by atoms with van der Waals surface area (Å²) in [6, 6.07) is -0.401. The molecule has 128 valence electrons. The molecule has 1 spiro atoms. The van der Waals surface area contributed by atoms with Gasteiger partial charge in [0.1, 0.15) is 12.1 Å². The number of carbonyl (C=O) groups excluding carboxylic acids is 3. The molecule has 1 aliphatic carbocycles. The molecule has 3 aliphatic rings. The van der Waals surface area contributed by atoms with E-state index in [0.29, 0.717) is 12.3 Å². The van der Waals surface area contributed by atoms with Gasteiger partial charge in [-0.05, 0) is 37.5 Å². The predicted molar refractivity (Wildman–Crippen MR) is 85.6 cm³/mol. The van der Waals surface area contributed by atoms with Crippen molar-refractivity contribution >= 4 is 17.8 Å². The van der Waals surface area contributed by atoms with E-state index in [9.17, 15) is 14.4 Å². The molecule has 0 aromatic heterocycles. The molecule has 4 amide bonds. The quantitative estimate of drug-likeness (QED) is 0.788. The van der Waals surface area contributed by atoms with Gasteiger partial charge >= 0.3 is 6.03 Å². The van der Waals surface area contributed by atoms with Gasteiger partial charge in [0.25, 0.3) is 5.91 Å². The van der Waals surface area contributed by atoms with Crippen molar-refractivity contribution in [2.45, 2.75) is 57.9 Å². The summed E-state index contributed by atoms with van der Waals surface area (Å²) in [5.74, 6) is 0.303. The van der Waals surface area contributed by atoms with E-state index in [2.05, 4.69) is 12.2 Å². The third-order valence-corrected chi connectivity index (χ3v) is 5.80. The lowest BCUT2D eigenvalue weighted by Gasteiger charge is -2.37. The molecule has 3 fully saturated rings. The summed E-state index contributed by atoms with van der Waals surface area (Å²) < 4.78 is 0. The van der Waals surface area contributed by atoms with Crippen molar-refractivity contribution in [1.82, 2.24) is 15.1 Å². The van der Waals surface area contributed by atoms with Crippen LogP contribution >= 0.6 is 0 Å². The summed E-state index contributed by atoms with van der Waals surface area (Å²) in [6.07, 6.45) is 5.79. The van der Waals surface area contributed by atoms with Gasteiger partial charge in [-0.2, -0.15) is 0 Å². The molecular weight excluding hydrogens is 294 g/mol. The Labute approximate surface area is 137 Å². The van der Waals surface area contributed by atoms with Crippen LogP contribution in [-0.4, -0.2) is 52.8 Å². The number of nitrogens with zero attached hydrogens (tertiary/aromatic N) is 2. The largest absolute Gasteiger partial charge is 0.341 e. The highest BCUT2D eigenvalue weighted by Gasteiger charge is 2.55. The number of rotatable bonds is 2. The van der Waals surface area contributed by atoms with Gasteiger partial charge in [0, 0.05) is 13.1 Å². The summed E-state index contributed by atoms with van der Waals surface area (Å²) in [5, 5.41) is 2.90. The van der Waals surface area contributed by atoms with Gasteiger partial charge < -0.3 is 10.2 Å². The summed E-state index contributed by atoms with van der Waals surface area (Å²) in [4.78, 5) is 40.6. The van der Waals surface area contributed by atoms with Crippen molar-refractivity contribution < 1.29 is 14.4 Å². The predicted octanol–water partition coefficient (Wildman–Crippen LogP) is 1.75. The van der Waals surface area contributed by atoms with Crippen LogP contribution in [0.1, 0.15) is 52.4 Å². The van der Waals surface area contributed by atoms with E-state index in [4.69, 9.17) is 0 Å². The van der Waals surface area contributed by atoms with Crippen molar-refractivity contribution in [1.29, 1.82) is 0 Å². The molecule has 2 saturated heterocycles. The maximum atomic E-state index is 12.9. The second-order valence-electron chi connectivity index (χ2n) is 7.53. The monoisotopic (exact) mass is 321 g/mol. The van der Waals surface area contributed by atoms with Crippen molar-refractivity contribution in [3.05, 3.63) is 0 Å². The molecule has 1 saturated carbocycles. The van der Waals surface area contributed by atoms with E-state index in [-0.39, 0.29) is 24.3 Å². The van der Waals surface area contributed by atoms with Crippen LogP contribution in [0.25, 0.3) is 0 Å². The lowest BCUT2D eigenvalue weighted by atomic mass is 9.73. The van der Waals surface area contributed by atoms with Crippen LogP contribution in [0.3, 0.4) is 0 Å². The van der Waals surface area contributed by atoms with Gasteiger partial charge in [-0.15, -0.1) is 0 Å². The van der Waals surface area contributed by atoms with Gasteiger partial charge in [0.05, 0.1) is 0 Å². The van der Waals surface area contributed by atoms with Crippen LogP contribution in [0.5, 0.6) is 0 Å². The minimum atomic E-state index is -0.773. The number of piperidine rings is 1. The maximum Gasteiger partial charge on any atom is 0.325 e. The number of hydrogen-bond donors (Lipinski definition) is 1. The Morgan fingerprint density at radius 2 is 2.00 bits per heavy atom. The number of likely N-dealkylation sites (tertiary alicyclic amines) is 1. The Kier molecular flexibility index (Phi) is 4.34. The second-order valence-corrected chi connectivity index (χ2v) is 7.53. The maximum absolute atomic E-state index is 12.9. The molecule has 3 atom stereocenters. The first-order valence-corrected chi connectivity index (χ1v) is 8.86. The number of hydrogen-bond acceptors (Lipinski definition) is 3. The zero-order valence-corrected chi connectivity index (χ0v) is 14.1. The van der Waals surface area contributed by atoms with Crippen LogP contribution in [0.15, 0.2) is 0 Å². The van der Waals surface area contributed by atoms with Crippen molar-refractivity contribution in [3.8, 4) is 0 Å². The molecular formula is C17H27N3O3. The number of imide groups is 1. The Hall–Kier alpha value is -1.59. The molecule has 6 heteroatoms. The highest BCUT2D eigenvalue weighted by molar-refractivity contribution is 6.09. The fraction of sp³-hybridized carbons (Fsp3) is 0.824. The third kappa shape index (κ3) is 2.83. The van der Waals surface area contributed by atoms with Crippen LogP contribution in [-0.2, 0) is 9.59 Å². The van der Waals surface area contributed by atoms with Crippen molar-refractivity contribution in [2.24, 2.45) is 11.8 Å². The Morgan fingerprint density at radius 1 is 1.22 bits per heavy atom. The summed E-state index contributed by atoms with van der Waals surface area (Å²) >= 11 is 0. The van der Waals surface area contributed by atoms with Gasteiger partial charge in [0.2, 0.25) is 5.91 Å². The minimum Gasteiger partial charge on any atom is -0.341 e. The summed E-state index contributed by atoms with van der Waals surface area (Å²) in [6.45, 7) is 5.49. The lowest BCUT2D eigenvalue weighted by molar-refractivity contribution is -0.141. The number of nitrogens with one attached hydrogen (secondary N) is 1. The second kappa shape index (κ2) is 6.13. The van der Waals surface area contributed by atoms with Crippen molar-refractivity contribution in [2.75, 3.05) is 19.6 Å². The molecule has 1 N–H and O–H groups in total. The molecule has 0 aromatic rings. The highest BCUT2D eigenvalue weighted by atomic mass is 16.2. The molecule has 2 heterocycles. The molecule has 3 rings (SSSR count). The van der Waals surface area contributed by atoms with Crippen molar-refractivity contribution in [3.63, 3.8) is 0 Å². The average molecular weight is 321 g/mol. The molecule has 0 unspecified atom stereocenters. The fourth-order valence-corrected chi connectivity index (χ4v) is 4.29. The summed E-state index contributed by atoms with van der Waals surface area (Å²) in [5.41, 5.74) is -0.773. The Bertz CT molecular complexity index is 521. The average Bonchev–Trinajstić information content (AvgIpc) is 2.75. The number of carbonyl (C=O) groups is 3. The molecule has 0 aromatic carbocycles. The third-order valence-electron chi connectivity index (χ3n) is 5.80. The zero-order valence-electron chi connectivity index (χ0n) is 14.1. The SMILES string of the molecule is C[C@@H]1CCCN(C(=O)CN2C(=O)N[C@]3(CCCC[C@@H]3C)C2=O)C1. The number of amides is 4. The van der Waals surface area contributed by atoms with Gasteiger partial charge in [0.15, 0.2) is 0 Å². The topological polar surface area (TPSA) is 69.7 Å². The van der Waals surface area contributed by atoms with E-state index >= 15 is 0 Å². The molecule has 0 bridgehead atoms. The van der Waals surface area contributed by atoms with Crippen LogP contribution in [0, 0.1) is 11.8 Å². The van der Waals surface area contributed by atoms with Gasteiger partial charge in [-0.3, -0.25) is 14.5 Å². The van der Waals surface area contributed by atoms with E-state index < -0.39 is 11.6 Å². The van der Waals surface area contributed by atoms with E-state index in [1.807, 2.05) is 6.92 Å². The standard InChI is InChI=1S/C17H27N3O3/c1-12-6-5-9-19(10-12)14(21)11-20-15(22)17(18-16(20)23)8-4-3-7-13(17)2/h12-13H,3-11H2,1-2H3,(H,18,23)/t12-,13+,17+/m1/s1. The summed E-state index contributed by atoms with van der Waals surface area (Å²) in [7, 11) is 0. The Morgan fingerprint density at radius 3 is 2.70 bits per heavy atom. The van der Waals surface area contributed by atoms with E-state index in [0.717, 1.165) is 50.1 Å². The van der Waals surface area contributed by atoms with Crippen LogP contribution in [0.2, 0.25) is 0 Å². The smallest absolute Gasteiger partial charge is 0.325 e. The van der Waals surface area contributed by atoms with Gasteiger partial charge in [-0.25, -0.2) is 4.79 Å². The fourth-order valence-electron chi connectivity index (χ4n) is 4.29. The van der Waals surface area contributed by atoms with Gasteiger partial charge in [-0.1, -0.05) is 26.7 Å². The molecule has 0 radical (unpaired) electrons. The van der Waals surface area contributed by atoms with Crippen LogP contribution < -0.4 is 5.32 Å². The first kappa shape index (κ1) is 16.3. The lowest BCUT2D eigenvalue weighted by Crippen LogP contribution is -2.54. The van der Waals surface area contributed by atoms with E-state index in [1.165, 1.54) is 0 Å². The Balaban J connectivity index is 1.69. The minimum absolute atomic E-state index is 0.111. The van der Waals surface area contributed by atoms with E-state index in [1.54, 1.807) is 4.90 Å². The number of urea groups is 1. The first-order valence-electron chi connectivity index (χ1n) is 8.86. The zero-order chi connectivity index (χ0) is 16.6. The molecule has 6 nitrogen and oxygen atoms in total.